The lowest BCUT2D eigenvalue weighted by atomic mass is 10.1. The molecule has 2 heterocycles. The predicted octanol–water partition coefficient (Wildman–Crippen LogP) is -2.26. The molecule has 0 N–H and O–H groups in total. The first-order valence-electron chi connectivity index (χ1n) is 6.40. The van der Waals surface area contributed by atoms with E-state index in [1.165, 1.54) is 0 Å². The molecule has 0 bridgehead atoms. The molecule has 0 spiro atoms. The number of halogens is 1. The molecule has 0 aliphatic rings. The molecule has 3 aromatic rings. The van der Waals surface area contributed by atoms with Crippen molar-refractivity contribution in [2.24, 2.45) is 0 Å². The van der Waals surface area contributed by atoms with E-state index in [-0.39, 0.29) is 0 Å². The SMILES string of the molecule is COc1ccc(-c2ccnc3cccc[n+]23)cc1.[O-][Cl+3]([O-])([O-])[O-]. The van der Waals surface area contributed by atoms with Gasteiger partial charge in [0.2, 0.25) is 0 Å². The van der Waals surface area contributed by atoms with Crippen LogP contribution in [0.1, 0.15) is 0 Å². The van der Waals surface area contributed by atoms with Crippen molar-refractivity contribution in [3.63, 3.8) is 0 Å². The van der Waals surface area contributed by atoms with E-state index in [0.717, 1.165) is 22.7 Å². The number of ether oxygens (including phenoxy) is 1. The zero-order chi connectivity index (χ0) is 16.9. The molecule has 0 aliphatic carbocycles. The maximum Gasteiger partial charge on any atom is 0.327 e. The van der Waals surface area contributed by atoms with Gasteiger partial charge in [0.1, 0.15) is 17.6 Å². The number of hydrogen-bond acceptors (Lipinski definition) is 6. The number of fused-ring (bicyclic) bond motifs is 1. The Morgan fingerprint density at radius 1 is 0.957 bits per heavy atom. The first-order chi connectivity index (χ1) is 10.9. The molecule has 0 amide bonds. The number of nitrogens with zero attached hydrogens (tertiary/aromatic N) is 2. The van der Waals surface area contributed by atoms with Gasteiger partial charge in [-0.05, 0) is 35.3 Å². The van der Waals surface area contributed by atoms with Gasteiger partial charge in [-0.2, -0.15) is 4.40 Å². The van der Waals surface area contributed by atoms with E-state index >= 15 is 0 Å². The highest BCUT2D eigenvalue weighted by atomic mass is 35.7. The average molecular weight is 337 g/mol. The van der Waals surface area contributed by atoms with Crippen molar-refractivity contribution in [3.05, 3.63) is 60.9 Å². The fourth-order valence-corrected chi connectivity index (χ4v) is 2.00. The topological polar surface area (TPSA) is 118 Å². The lowest BCUT2D eigenvalue weighted by Gasteiger charge is -2.17. The highest BCUT2D eigenvalue weighted by Crippen LogP contribution is 2.19. The number of methoxy groups -OCH3 is 1. The molecule has 7 nitrogen and oxygen atoms in total. The number of rotatable bonds is 2. The zero-order valence-electron chi connectivity index (χ0n) is 12.1. The van der Waals surface area contributed by atoms with Gasteiger partial charge in [0, 0.05) is 17.7 Å². The van der Waals surface area contributed by atoms with Crippen LogP contribution in [0.2, 0.25) is 0 Å². The van der Waals surface area contributed by atoms with Crippen molar-refractivity contribution in [3.8, 4) is 17.0 Å². The van der Waals surface area contributed by atoms with Gasteiger partial charge in [-0.1, -0.05) is 6.07 Å². The van der Waals surface area contributed by atoms with Gasteiger partial charge in [0.25, 0.3) is 0 Å². The summed E-state index contributed by atoms with van der Waals surface area (Å²) >= 11 is 0. The summed E-state index contributed by atoms with van der Waals surface area (Å²) < 4.78 is 41.2. The third-order valence-corrected chi connectivity index (χ3v) is 2.92. The molecule has 120 valence electrons. The Labute approximate surface area is 134 Å². The summed E-state index contributed by atoms with van der Waals surface area (Å²) in [5.74, 6) is 0.863. The quantitative estimate of drug-likeness (QED) is 0.487. The van der Waals surface area contributed by atoms with Crippen molar-refractivity contribution in [2.75, 3.05) is 7.11 Å². The standard InChI is InChI=1S/C15H13N2O.ClHO4/c1-18-13-7-5-12(6-8-13)14-9-10-16-15-4-2-3-11-17(14)15;2-1(3,4)5/h2-11H,1H3;(H,2,3,4,5)/q+1;/p-1. The zero-order valence-corrected chi connectivity index (χ0v) is 12.8. The maximum atomic E-state index is 8.49. The fraction of sp³-hybridized carbons (Fsp3) is 0.0667. The molecular weight excluding hydrogens is 324 g/mol. The van der Waals surface area contributed by atoms with Crippen molar-refractivity contribution < 1.29 is 38.0 Å². The first-order valence-corrected chi connectivity index (χ1v) is 7.63. The van der Waals surface area contributed by atoms with Crippen LogP contribution in [0.15, 0.2) is 60.9 Å². The van der Waals surface area contributed by atoms with E-state index in [1.54, 1.807) is 7.11 Å². The Hall–Kier alpha value is -2.29. The number of benzene rings is 1. The minimum atomic E-state index is -4.94. The van der Waals surface area contributed by atoms with Crippen molar-refractivity contribution in [2.45, 2.75) is 0 Å². The number of hydrogen-bond donors (Lipinski definition) is 0. The van der Waals surface area contributed by atoms with Gasteiger partial charge >= 0.3 is 5.65 Å². The van der Waals surface area contributed by atoms with Crippen LogP contribution in [0, 0.1) is 10.2 Å². The number of pyridine rings is 1. The second-order valence-electron chi connectivity index (χ2n) is 4.37. The van der Waals surface area contributed by atoms with Crippen LogP contribution >= 0.6 is 0 Å². The summed E-state index contributed by atoms with van der Waals surface area (Å²) in [5, 5.41) is 0. The van der Waals surface area contributed by atoms with E-state index in [2.05, 4.69) is 9.38 Å². The summed E-state index contributed by atoms with van der Waals surface area (Å²) in [6.45, 7) is 0. The molecule has 0 saturated heterocycles. The molecule has 0 atom stereocenters. The van der Waals surface area contributed by atoms with Gasteiger partial charge in [-0.3, -0.25) is 0 Å². The number of aromatic nitrogens is 2. The minimum absolute atomic E-state index is 0.863. The predicted molar refractivity (Wildman–Crippen MR) is 69.4 cm³/mol. The molecule has 0 aliphatic heterocycles. The van der Waals surface area contributed by atoms with E-state index < -0.39 is 10.2 Å². The largest absolute Gasteiger partial charge is 0.497 e. The van der Waals surface area contributed by atoms with Gasteiger partial charge in [-0.25, -0.2) is 18.6 Å². The van der Waals surface area contributed by atoms with Crippen LogP contribution in [-0.4, -0.2) is 12.1 Å². The molecule has 23 heavy (non-hydrogen) atoms. The van der Waals surface area contributed by atoms with Crippen LogP contribution in [0.5, 0.6) is 5.75 Å². The van der Waals surface area contributed by atoms with Gasteiger partial charge < -0.3 is 4.74 Å². The third-order valence-electron chi connectivity index (χ3n) is 2.92. The van der Waals surface area contributed by atoms with E-state index in [9.17, 15) is 0 Å². The summed E-state index contributed by atoms with van der Waals surface area (Å²) in [4.78, 5) is 4.34. The van der Waals surface area contributed by atoms with Crippen LogP contribution in [-0.2, 0) is 0 Å². The lowest BCUT2D eigenvalue weighted by Crippen LogP contribution is -2.68. The molecule has 2 aromatic heterocycles. The Morgan fingerprint density at radius 3 is 2.22 bits per heavy atom. The summed E-state index contributed by atoms with van der Waals surface area (Å²) in [7, 11) is -3.27. The Kier molecular flexibility index (Phi) is 5.43. The van der Waals surface area contributed by atoms with Gasteiger partial charge in [0.15, 0.2) is 0 Å². The van der Waals surface area contributed by atoms with Gasteiger partial charge in [0.05, 0.1) is 13.3 Å². The molecule has 0 fully saturated rings. The van der Waals surface area contributed by atoms with Crippen molar-refractivity contribution >= 4 is 5.65 Å². The van der Waals surface area contributed by atoms with Crippen LogP contribution in [0.3, 0.4) is 0 Å². The van der Waals surface area contributed by atoms with Crippen molar-refractivity contribution in [1.82, 2.24) is 4.98 Å². The third kappa shape index (κ3) is 5.13. The second kappa shape index (κ2) is 7.32. The van der Waals surface area contributed by atoms with Crippen LogP contribution in [0.25, 0.3) is 16.9 Å². The monoisotopic (exact) mass is 336 g/mol. The summed E-state index contributed by atoms with van der Waals surface area (Å²) in [5.41, 5.74) is 3.19. The fourth-order valence-electron chi connectivity index (χ4n) is 2.00. The molecule has 8 heteroatoms. The van der Waals surface area contributed by atoms with E-state index in [4.69, 9.17) is 23.4 Å². The maximum absolute atomic E-state index is 8.49. The second-order valence-corrected chi connectivity index (χ2v) is 5.12. The van der Waals surface area contributed by atoms with Gasteiger partial charge in [-0.15, -0.1) is 10.2 Å². The highest BCUT2D eigenvalue weighted by molar-refractivity contribution is 5.58. The van der Waals surface area contributed by atoms with E-state index in [1.807, 2.05) is 60.9 Å². The Balaban J connectivity index is 0.000000338. The normalized spacial score (nSPS) is 10.8. The molecule has 1 aromatic carbocycles. The molecule has 0 saturated carbocycles. The lowest BCUT2D eigenvalue weighted by molar-refractivity contribution is -2.00. The molecule has 0 radical (unpaired) electrons. The highest BCUT2D eigenvalue weighted by Gasteiger charge is 2.09. The minimum Gasteiger partial charge on any atom is -0.497 e. The first kappa shape index (κ1) is 17.1. The Bertz CT molecular complexity index is 763. The molecule has 0 unspecified atom stereocenters. The average Bonchev–Trinajstić information content (AvgIpc) is 2.53. The molecular formula is C15H13ClN2O5. The Morgan fingerprint density at radius 2 is 1.61 bits per heavy atom. The van der Waals surface area contributed by atoms with E-state index in [0.29, 0.717) is 0 Å². The summed E-state index contributed by atoms with van der Waals surface area (Å²) in [6.07, 6.45) is 3.84. The smallest absolute Gasteiger partial charge is 0.327 e. The van der Waals surface area contributed by atoms with Crippen LogP contribution < -0.4 is 27.8 Å². The van der Waals surface area contributed by atoms with Crippen LogP contribution in [0.4, 0.5) is 0 Å². The summed E-state index contributed by atoms with van der Waals surface area (Å²) in [6, 6.07) is 16.0. The van der Waals surface area contributed by atoms with Crippen molar-refractivity contribution in [1.29, 1.82) is 0 Å². The molecule has 3 rings (SSSR count).